The van der Waals surface area contributed by atoms with E-state index in [-0.39, 0.29) is 18.6 Å². The molecule has 0 spiro atoms. The minimum Gasteiger partial charge on any atom is -0.396 e. The summed E-state index contributed by atoms with van der Waals surface area (Å²) >= 11 is 0. The van der Waals surface area contributed by atoms with Crippen LogP contribution in [0.15, 0.2) is 30.5 Å². The van der Waals surface area contributed by atoms with Crippen molar-refractivity contribution in [1.82, 2.24) is 14.4 Å². The monoisotopic (exact) mass is 355 g/mol. The largest absolute Gasteiger partial charge is 0.396 e. The summed E-state index contributed by atoms with van der Waals surface area (Å²) in [6, 6.07) is 8.39. The molecule has 2 heterocycles. The molecule has 1 unspecified atom stereocenters. The number of rotatable bonds is 6. The van der Waals surface area contributed by atoms with E-state index in [1.807, 2.05) is 17.0 Å². The average Bonchev–Trinajstić information content (AvgIpc) is 3.38. The SMILES string of the molecule is CCn1ccc2cc(C(=O)N3CCN(CC4CC4)C(CCO)C3)ccc21. The minimum atomic E-state index is 0.116. The summed E-state index contributed by atoms with van der Waals surface area (Å²) in [4.78, 5) is 17.5. The summed E-state index contributed by atoms with van der Waals surface area (Å²) in [7, 11) is 0. The van der Waals surface area contributed by atoms with Crippen molar-refractivity contribution < 1.29 is 9.90 Å². The molecule has 1 saturated carbocycles. The fraction of sp³-hybridized carbons (Fsp3) is 0.571. The lowest BCUT2D eigenvalue weighted by molar-refractivity contribution is 0.0407. The number of carbonyl (C=O) groups is 1. The van der Waals surface area contributed by atoms with Crippen molar-refractivity contribution in [3.05, 3.63) is 36.0 Å². The second-order valence-electron chi connectivity index (χ2n) is 7.73. The van der Waals surface area contributed by atoms with Gasteiger partial charge in [0.1, 0.15) is 0 Å². The number of carbonyl (C=O) groups excluding carboxylic acids is 1. The van der Waals surface area contributed by atoms with Gasteiger partial charge in [-0.2, -0.15) is 0 Å². The Morgan fingerprint density at radius 2 is 2.08 bits per heavy atom. The number of aryl methyl sites for hydroxylation is 1. The van der Waals surface area contributed by atoms with Gasteiger partial charge >= 0.3 is 0 Å². The molecule has 1 aliphatic heterocycles. The van der Waals surface area contributed by atoms with E-state index in [0.717, 1.165) is 56.0 Å². The fourth-order valence-electron chi connectivity index (χ4n) is 4.16. The first-order valence-electron chi connectivity index (χ1n) is 9.92. The maximum absolute atomic E-state index is 13.0. The minimum absolute atomic E-state index is 0.116. The van der Waals surface area contributed by atoms with E-state index in [0.29, 0.717) is 0 Å². The lowest BCUT2D eigenvalue weighted by Crippen LogP contribution is -2.55. The zero-order valence-electron chi connectivity index (χ0n) is 15.6. The number of fused-ring (bicyclic) bond motifs is 1. The van der Waals surface area contributed by atoms with Gasteiger partial charge in [-0.25, -0.2) is 0 Å². The van der Waals surface area contributed by atoms with E-state index in [1.54, 1.807) is 0 Å². The topological polar surface area (TPSA) is 48.7 Å². The molecule has 2 fully saturated rings. The molecule has 1 atom stereocenters. The lowest BCUT2D eigenvalue weighted by Gasteiger charge is -2.41. The summed E-state index contributed by atoms with van der Waals surface area (Å²) < 4.78 is 2.19. The normalized spacial score (nSPS) is 21.5. The van der Waals surface area contributed by atoms with Crippen LogP contribution in [0.3, 0.4) is 0 Å². The van der Waals surface area contributed by atoms with Gasteiger partial charge in [0.25, 0.3) is 5.91 Å². The van der Waals surface area contributed by atoms with Gasteiger partial charge < -0.3 is 14.6 Å². The highest BCUT2D eigenvalue weighted by Gasteiger charge is 2.33. The Balaban J connectivity index is 1.48. The second kappa shape index (κ2) is 7.41. The standard InChI is InChI=1S/C21H29N3O2/c1-2-22-9-7-17-13-18(5-6-20(17)22)21(26)24-11-10-23(14-16-3-4-16)19(15-24)8-12-25/h5-7,9,13,16,19,25H,2-4,8,10-12,14-15H2,1H3. The molecule has 1 N–H and O–H groups in total. The fourth-order valence-corrected chi connectivity index (χ4v) is 4.16. The second-order valence-corrected chi connectivity index (χ2v) is 7.73. The highest BCUT2D eigenvalue weighted by molar-refractivity contribution is 5.98. The Kier molecular flexibility index (Phi) is 5.00. The van der Waals surface area contributed by atoms with Crippen LogP contribution in [0.2, 0.25) is 0 Å². The van der Waals surface area contributed by atoms with E-state index in [9.17, 15) is 9.90 Å². The molecule has 5 nitrogen and oxygen atoms in total. The molecule has 140 valence electrons. The van der Waals surface area contributed by atoms with Gasteiger partial charge in [0.15, 0.2) is 0 Å². The van der Waals surface area contributed by atoms with Crippen LogP contribution in [0.4, 0.5) is 0 Å². The Labute approximate surface area is 155 Å². The molecule has 2 aliphatic rings. The number of benzene rings is 1. The number of nitrogens with zero attached hydrogens (tertiary/aromatic N) is 3. The van der Waals surface area contributed by atoms with Gasteiger partial charge in [0.05, 0.1) is 0 Å². The molecule has 5 heteroatoms. The Morgan fingerprint density at radius 1 is 1.23 bits per heavy atom. The molecule has 4 rings (SSSR count). The third kappa shape index (κ3) is 3.51. The Bertz CT molecular complexity index is 781. The summed E-state index contributed by atoms with van der Waals surface area (Å²) in [5.74, 6) is 0.952. The number of amides is 1. The van der Waals surface area contributed by atoms with E-state index >= 15 is 0 Å². The van der Waals surface area contributed by atoms with Gasteiger partial charge in [-0.15, -0.1) is 0 Å². The van der Waals surface area contributed by atoms with Crippen LogP contribution < -0.4 is 0 Å². The maximum Gasteiger partial charge on any atom is 0.253 e. The molecule has 1 aromatic carbocycles. The third-order valence-corrected chi connectivity index (χ3v) is 5.90. The maximum atomic E-state index is 13.0. The molecular weight excluding hydrogens is 326 g/mol. The lowest BCUT2D eigenvalue weighted by atomic mass is 10.1. The molecule has 1 amide bonds. The molecule has 26 heavy (non-hydrogen) atoms. The van der Waals surface area contributed by atoms with Gasteiger partial charge in [0, 0.05) is 68.0 Å². The van der Waals surface area contributed by atoms with Crippen LogP contribution in [0.5, 0.6) is 0 Å². The molecule has 1 aliphatic carbocycles. The van der Waals surface area contributed by atoms with E-state index in [2.05, 4.69) is 34.7 Å². The van der Waals surface area contributed by atoms with Gasteiger partial charge in [0.2, 0.25) is 0 Å². The van der Waals surface area contributed by atoms with Crippen molar-refractivity contribution in [1.29, 1.82) is 0 Å². The zero-order valence-corrected chi connectivity index (χ0v) is 15.6. The summed E-state index contributed by atoms with van der Waals surface area (Å²) in [6.45, 7) is 6.79. The van der Waals surface area contributed by atoms with Crippen LogP contribution >= 0.6 is 0 Å². The molecule has 2 aromatic rings. The number of hydrogen-bond acceptors (Lipinski definition) is 3. The first kappa shape index (κ1) is 17.6. The summed E-state index contributed by atoms with van der Waals surface area (Å²) in [5.41, 5.74) is 1.95. The molecular formula is C21H29N3O2. The predicted molar refractivity (Wildman–Crippen MR) is 103 cm³/mol. The first-order chi connectivity index (χ1) is 12.7. The summed E-state index contributed by atoms with van der Waals surface area (Å²) in [6.07, 6.45) is 5.49. The highest BCUT2D eigenvalue weighted by Crippen LogP contribution is 2.31. The highest BCUT2D eigenvalue weighted by atomic mass is 16.3. The first-order valence-corrected chi connectivity index (χ1v) is 9.92. The van der Waals surface area contributed by atoms with Gasteiger partial charge in [-0.1, -0.05) is 0 Å². The van der Waals surface area contributed by atoms with Crippen LogP contribution in [-0.2, 0) is 6.54 Å². The number of hydrogen-bond donors (Lipinski definition) is 1. The van der Waals surface area contributed by atoms with Crippen molar-refractivity contribution in [2.45, 2.75) is 38.8 Å². The van der Waals surface area contributed by atoms with Crippen LogP contribution in [0, 0.1) is 5.92 Å². The number of aliphatic hydroxyl groups excluding tert-OH is 1. The smallest absolute Gasteiger partial charge is 0.253 e. The summed E-state index contributed by atoms with van der Waals surface area (Å²) in [5, 5.41) is 10.6. The van der Waals surface area contributed by atoms with E-state index in [1.165, 1.54) is 18.4 Å². The van der Waals surface area contributed by atoms with E-state index < -0.39 is 0 Å². The average molecular weight is 355 g/mol. The number of piperazine rings is 1. The van der Waals surface area contributed by atoms with Crippen molar-refractivity contribution in [3.63, 3.8) is 0 Å². The Hall–Kier alpha value is -1.85. The quantitative estimate of drug-likeness (QED) is 0.866. The van der Waals surface area contributed by atoms with Crippen LogP contribution in [0.1, 0.15) is 36.5 Å². The van der Waals surface area contributed by atoms with Crippen molar-refractivity contribution in [3.8, 4) is 0 Å². The van der Waals surface area contributed by atoms with Crippen molar-refractivity contribution in [2.24, 2.45) is 5.92 Å². The molecule has 1 saturated heterocycles. The van der Waals surface area contributed by atoms with Crippen LogP contribution in [-0.4, -0.2) is 64.2 Å². The van der Waals surface area contributed by atoms with Gasteiger partial charge in [-0.05, 0) is 56.4 Å². The Morgan fingerprint density at radius 3 is 2.81 bits per heavy atom. The van der Waals surface area contributed by atoms with Crippen molar-refractivity contribution >= 4 is 16.8 Å². The molecule has 0 bridgehead atoms. The van der Waals surface area contributed by atoms with E-state index in [4.69, 9.17) is 0 Å². The van der Waals surface area contributed by atoms with Gasteiger partial charge in [-0.3, -0.25) is 9.69 Å². The number of aliphatic hydroxyl groups is 1. The van der Waals surface area contributed by atoms with Crippen LogP contribution in [0.25, 0.3) is 10.9 Å². The zero-order chi connectivity index (χ0) is 18.1. The third-order valence-electron chi connectivity index (χ3n) is 5.90. The van der Waals surface area contributed by atoms with Crippen molar-refractivity contribution in [2.75, 3.05) is 32.8 Å². The number of aromatic nitrogens is 1. The molecule has 0 radical (unpaired) electrons. The molecule has 1 aromatic heterocycles. The predicted octanol–water partition coefficient (Wildman–Crippen LogP) is 2.58.